The van der Waals surface area contributed by atoms with E-state index in [0.717, 1.165) is 9.89 Å². The molecule has 2 amide bonds. The van der Waals surface area contributed by atoms with Gasteiger partial charge in [0.15, 0.2) is 11.6 Å². The molecule has 0 spiro atoms. The van der Waals surface area contributed by atoms with E-state index in [2.05, 4.69) is 21.3 Å². The van der Waals surface area contributed by atoms with Crippen molar-refractivity contribution in [3.63, 3.8) is 0 Å². The van der Waals surface area contributed by atoms with E-state index in [-0.39, 0.29) is 0 Å². The van der Waals surface area contributed by atoms with Crippen LogP contribution < -0.4 is 5.43 Å². The first-order valence-electron chi connectivity index (χ1n) is 7.40. The highest BCUT2D eigenvalue weighted by Crippen LogP contribution is 2.27. The fourth-order valence-corrected chi connectivity index (χ4v) is 2.97. The van der Waals surface area contributed by atoms with Gasteiger partial charge in [0.25, 0.3) is 11.8 Å². The van der Waals surface area contributed by atoms with Crippen molar-refractivity contribution in [3.8, 4) is 23.0 Å². The summed E-state index contributed by atoms with van der Waals surface area (Å²) in [4.78, 5) is 34.0. The number of anilines is 1. The first kappa shape index (κ1) is 16.6. The SMILES string of the molecule is C#C/C=C\c1c(C)nc(-c2cccs2)nc1NN1C(=O)C=C(C)C1=O. The van der Waals surface area contributed by atoms with Gasteiger partial charge in [-0.25, -0.2) is 9.97 Å². The zero-order chi connectivity index (χ0) is 18.0. The monoisotopic (exact) mass is 350 g/mol. The Morgan fingerprint density at radius 2 is 2.12 bits per heavy atom. The number of thiophene rings is 1. The molecule has 0 bridgehead atoms. The number of aryl methyl sites for hydroxylation is 1. The lowest BCUT2D eigenvalue weighted by molar-refractivity contribution is -0.135. The molecule has 0 saturated carbocycles. The zero-order valence-electron chi connectivity index (χ0n) is 13.6. The van der Waals surface area contributed by atoms with Crippen molar-refractivity contribution < 1.29 is 9.59 Å². The topological polar surface area (TPSA) is 75.2 Å². The van der Waals surface area contributed by atoms with Gasteiger partial charge in [-0.3, -0.25) is 15.0 Å². The number of hydrogen-bond acceptors (Lipinski definition) is 6. The molecule has 7 heteroatoms. The molecular formula is C18H14N4O2S. The molecule has 25 heavy (non-hydrogen) atoms. The fraction of sp³-hybridized carbons (Fsp3) is 0.111. The number of allylic oxidation sites excluding steroid dienone is 1. The zero-order valence-corrected chi connectivity index (χ0v) is 14.4. The third-order valence-corrected chi connectivity index (χ3v) is 4.41. The van der Waals surface area contributed by atoms with E-state index in [0.29, 0.717) is 28.5 Å². The molecule has 1 aliphatic heterocycles. The van der Waals surface area contributed by atoms with Crippen LogP contribution in [-0.2, 0) is 9.59 Å². The average Bonchev–Trinajstić information content (AvgIpc) is 3.19. The van der Waals surface area contributed by atoms with Gasteiger partial charge in [0.1, 0.15) is 0 Å². The minimum absolute atomic E-state index is 0.340. The average molecular weight is 350 g/mol. The molecule has 3 heterocycles. The number of hydrazine groups is 1. The van der Waals surface area contributed by atoms with E-state index < -0.39 is 11.8 Å². The second kappa shape index (κ2) is 6.71. The first-order chi connectivity index (χ1) is 12.0. The van der Waals surface area contributed by atoms with Crippen molar-refractivity contribution in [3.05, 3.63) is 46.5 Å². The first-order valence-corrected chi connectivity index (χ1v) is 8.28. The van der Waals surface area contributed by atoms with Gasteiger partial charge < -0.3 is 0 Å². The van der Waals surface area contributed by atoms with Crippen LogP contribution in [0.25, 0.3) is 16.8 Å². The van der Waals surface area contributed by atoms with Gasteiger partial charge in [0, 0.05) is 17.2 Å². The van der Waals surface area contributed by atoms with E-state index in [4.69, 9.17) is 6.42 Å². The normalized spacial score (nSPS) is 14.1. The quantitative estimate of drug-likeness (QED) is 0.678. The van der Waals surface area contributed by atoms with Crippen molar-refractivity contribution in [1.29, 1.82) is 0 Å². The highest BCUT2D eigenvalue weighted by atomic mass is 32.1. The number of rotatable bonds is 4. The standard InChI is InChI=1S/C18H14N4O2S/c1-4-5-7-13-12(3)19-17(14-8-6-9-25-14)20-16(13)21-22-15(23)10-11(2)18(22)24/h1,5-10H,2-3H3,(H,19,20,21)/b7-5-. The lowest BCUT2D eigenvalue weighted by Crippen LogP contribution is -2.37. The minimum atomic E-state index is -0.441. The summed E-state index contributed by atoms with van der Waals surface area (Å²) in [5.41, 5.74) is 4.46. The molecule has 0 fully saturated rings. The van der Waals surface area contributed by atoms with Crippen LogP contribution >= 0.6 is 11.3 Å². The molecule has 0 unspecified atom stereocenters. The van der Waals surface area contributed by atoms with Crippen LogP contribution in [0.2, 0.25) is 0 Å². The van der Waals surface area contributed by atoms with Gasteiger partial charge in [-0.1, -0.05) is 12.0 Å². The third-order valence-electron chi connectivity index (χ3n) is 3.54. The number of amides is 2. The van der Waals surface area contributed by atoms with Crippen LogP contribution in [-0.4, -0.2) is 26.8 Å². The number of hydrogen-bond donors (Lipinski definition) is 1. The summed E-state index contributed by atoms with van der Waals surface area (Å²) >= 11 is 1.50. The Kier molecular flexibility index (Phi) is 4.46. The number of carbonyl (C=O) groups is 2. The number of nitrogens with one attached hydrogen (secondary N) is 1. The van der Waals surface area contributed by atoms with E-state index >= 15 is 0 Å². The summed E-state index contributed by atoms with van der Waals surface area (Å²) in [6.45, 7) is 3.40. The maximum atomic E-state index is 12.1. The van der Waals surface area contributed by atoms with E-state index in [1.807, 2.05) is 24.4 Å². The van der Waals surface area contributed by atoms with Crippen LogP contribution in [0.4, 0.5) is 5.82 Å². The molecule has 0 aliphatic carbocycles. The van der Waals surface area contributed by atoms with Crippen LogP contribution in [0.5, 0.6) is 0 Å². The molecule has 2 aromatic rings. The summed E-state index contributed by atoms with van der Waals surface area (Å²) in [5, 5.41) is 2.86. The lowest BCUT2D eigenvalue weighted by atomic mass is 10.2. The third kappa shape index (κ3) is 3.20. The summed E-state index contributed by atoms with van der Waals surface area (Å²) in [6, 6.07) is 3.80. The highest BCUT2D eigenvalue weighted by Gasteiger charge is 2.29. The van der Waals surface area contributed by atoms with Gasteiger partial charge in [-0.2, -0.15) is 5.01 Å². The maximum Gasteiger partial charge on any atom is 0.275 e. The predicted octanol–water partition coefficient (Wildman–Crippen LogP) is 2.80. The molecule has 1 aliphatic rings. The number of carbonyl (C=O) groups excluding carboxylic acids is 2. The molecule has 6 nitrogen and oxygen atoms in total. The Bertz CT molecular complexity index is 952. The Hall–Kier alpha value is -3.24. The molecule has 3 rings (SSSR count). The fourth-order valence-electron chi connectivity index (χ4n) is 2.31. The number of terminal acetylenes is 1. The Morgan fingerprint density at radius 3 is 2.72 bits per heavy atom. The molecule has 1 N–H and O–H groups in total. The molecule has 0 atom stereocenters. The van der Waals surface area contributed by atoms with Gasteiger partial charge in [-0.05, 0) is 37.4 Å². The second-order valence-electron chi connectivity index (χ2n) is 5.29. The van der Waals surface area contributed by atoms with Gasteiger partial charge in [0.2, 0.25) is 0 Å². The van der Waals surface area contributed by atoms with Gasteiger partial charge in [0.05, 0.1) is 10.6 Å². The lowest BCUT2D eigenvalue weighted by Gasteiger charge is -2.19. The molecule has 0 aromatic carbocycles. The second-order valence-corrected chi connectivity index (χ2v) is 6.24. The number of imide groups is 1. The van der Waals surface area contributed by atoms with Gasteiger partial charge >= 0.3 is 0 Å². The van der Waals surface area contributed by atoms with Crippen LogP contribution in [0.15, 0.2) is 35.2 Å². The van der Waals surface area contributed by atoms with Crippen molar-refractivity contribution >= 4 is 35.0 Å². The number of aromatic nitrogens is 2. The summed E-state index contributed by atoms with van der Waals surface area (Å²) in [6.07, 6.45) is 9.74. The predicted molar refractivity (Wildman–Crippen MR) is 97.2 cm³/mol. The summed E-state index contributed by atoms with van der Waals surface area (Å²) in [7, 11) is 0. The van der Waals surface area contributed by atoms with Crippen LogP contribution in [0, 0.1) is 19.3 Å². The van der Waals surface area contributed by atoms with E-state index in [1.54, 1.807) is 13.0 Å². The molecule has 0 radical (unpaired) electrons. The van der Waals surface area contributed by atoms with Crippen LogP contribution in [0.1, 0.15) is 18.2 Å². The summed E-state index contributed by atoms with van der Waals surface area (Å²) in [5.74, 6) is 2.41. The summed E-state index contributed by atoms with van der Waals surface area (Å²) < 4.78 is 0. The van der Waals surface area contributed by atoms with Gasteiger partial charge in [-0.15, -0.1) is 17.8 Å². The van der Waals surface area contributed by atoms with E-state index in [9.17, 15) is 9.59 Å². The van der Waals surface area contributed by atoms with Crippen molar-refractivity contribution in [2.24, 2.45) is 0 Å². The molecular weight excluding hydrogens is 336 g/mol. The van der Waals surface area contributed by atoms with E-state index in [1.165, 1.54) is 23.5 Å². The van der Waals surface area contributed by atoms with Crippen LogP contribution in [0.3, 0.4) is 0 Å². The largest absolute Gasteiger partial charge is 0.275 e. The number of nitrogens with zero attached hydrogens (tertiary/aromatic N) is 3. The maximum absolute atomic E-state index is 12.1. The van der Waals surface area contributed by atoms with Crippen molar-refractivity contribution in [2.45, 2.75) is 13.8 Å². The molecule has 124 valence electrons. The minimum Gasteiger partial charge on any atom is -0.271 e. The Morgan fingerprint density at radius 1 is 1.32 bits per heavy atom. The molecule has 2 aromatic heterocycles. The smallest absolute Gasteiger partial charge is 0.271 e. The highest BCUT2D eigenvalue weighted by molar-refractivity contribution is 7.13. The van der Waals surface area contributed by atoms with Crippen molar-refractivity contribution in [1.82, 2.24) is 15.0 Å². The Balaban J connectivity index is 2.06. The molecule has 0 saturated heterocycles. The van der Waals surface area contributed by atoms with Crippen molar-refractivity contribution in [2.75, 3.05) is 5.43 Å². The Labute approximate surface area is 148 Å².